The van der Waals surface area contributed by atoms with E-state index in [0.29, 0.717) is 10.6 Å². The molecule has 7 heteroatoms. The van der Waals surface area contributed by atoms with Crippen molar-refractivity contribution < 1.29 is 9.53 Å². The minimum absolute atomic E-state index is 0.0333. The van der Waals surface area contributed by atoms with Crippen LogP contribution in [0.2, 0.25) is 5.02 Å². The summed E-state index contributed by atoms with van der Waals surface area (Å²) < 4.78 is 7.28. The summed E-state index contributed by atoms with van der Waals surface area (Å²) in [6.07, 6.45) is 0. The molecule has 0 aliphatic heterocycles. The first-order valence-electron chi connectivity index (χ1n) is 8.96. The van der Waals surface area contributed by atoms with Gasteiger partial charge < -0.3 is 4.74 Å². The predicted molar refractivity (Wildman–Crippen MR) is 113 cm³/mol. The van der Waals surface area contributed by atoms with Gasteiger partial charge in [0.15, 0.2) is 16.8 Å². The number of nitrogens with zero attached hydrogens (tertiary/aromatic N) is 3. The summed E-state index contributed by atoms with van der Waals surface area (Å²) >= 11 is 7.33. The summed E-state index contributed by atoms with van der Waals surface area (Å²) in [6, 6.07) is 14.8. The topological polar surface area (TPSA) is 57.0 Å². The lowest BCUT2D eigenvalue weighted by molar-refractivity contribution is 0.0994. The molecule has 146 valence electrons. The Bertz CT molecular complexity index is 953. The number of ether oxygens (including phenoxy) is 1. The van der Waals surface area contributed by atoms with Gasteiger partial charge in [-0.05, 0) is 69.3 Å². The number of carbonyl (C=O) groups excluding carboxylic acids is 1. The number of rotatable bonds is 7. The molecule has 28 heavy (non-hydrogen) atoms. The van der Waals surface area contributed by atoms with E-state index in [1.165, 1.54) is 11.8 Å². The molecular weight excluding hydrogens is 394 g/mol. The van der Waals surface area contributed by atoms with Crippen molar-refractivity contribution in [2.45, 2.75) is 37.2 Å². The van der Waals surface area contributed by atoms with Crippen molar-refractivity contribution >= 4 is 29.1 Å². The summed E-state index contributed by atoms with van der Waals surface area (Å²) in [4.78, 5) is 12.8. The van der Waals surface area contributed by atoms with Gasteiger partial charge in [-0.1, -0.05) is 23.4 Å². The third-order valence-electron chi connectivity index (χ3n) is 4.31. The van der Waals surface area contributed by atoms with Crippen molar-refractivity contribution in [1.29, 1.82) is 0 Å². The molecule has 0 aliphatic carbocycles. The maximum Gasteiger partial charge on any atom is 0.192 e. The van der Waals surface area contributed by atoms with Gasteiger partial charge in [0.25, 0.3) is 0 Å². The van der Waals surface area contributed by atoms with Crippen molar-refractivity contribution in [2.24, 2.45) is 0 Å². The summed E-state index contributed by atoms with van der Waals surface area (Å²) in [6.45, 7) is 6.03. The van der Waals surface area contributed by atoms with E-state index in [9.17, 15) is 4.79 Å². The Balaban J connectivity index is 1.86. The van der Waals surface area contributed by atoms with Gasteiger partial charge in [-0.2, -0.15) is 0 Å². The molecule has 1 atom stereocenters. The number of benzene rings is 2. The van der Waals surface area contributed by atoms with Crippen LogP contribution in [0.4, 0.5) is 0 Å². The van der Waals surface area contributed by atoms with E-state index in [0.717, 1.165) is 22.3 Å². The minimum Gasteiger partial charge on any atom is -0.497 e. The van der Waals surface area contributed by atoms with Crippen LogP contribution in [0.15, 0.2) is 53.7 Å². The molecule has 0 saturated heterocycles. The van der Waals surface area contributed by atoms with Gasteiger partial charge in [0.05, 0.1) is 12.4 Å². The van der Waals surface area contributed by atoms with Gasteiger partial charge in [0.2, 0.25) is 0 Å². The molecule has 5 nitrogen and oxygen atoms in total. The summed E-state index contributed by atoms with van der Waals surface area (Å²) in [5.74, 6) is 1.59. The monoisotopic (exact) mass is 415 g/mol. The number of hydrogen-bond acceptors (Lipinski definition) is 5. The van der Waals surface area contributed by atoms with Crippen LogP contribution in [0.3, 0.4) is 0 Å². The zero-order chi connectivity index (χ0) is 20.3. The normalized spacial score (nSPS) is 12.2. The van der Waals surface area contributed by atoms with Crippen LogP contribution in [-0.4, -0.2) is 32.9 Å². The highest BCUT2D eigenvalue weighted by molar-refractivity contribution is 8.00. The van der Waals surface area contributed by atoms with Gasteiger partial charge in [0.1, 0.15) is 5.75 Å². The number of thioether (sulfide) groups is 1. The Hall–Kier alpha value is -2.31. The van der Waals surface area contributed by atoms with E-state index in [1.807, 2.05) is 31.2 Å². The molecule has 0 unspecified atom stereocenters. The number of halogens is 1. The number of carbonyl (C=O) groups is 1. The molecule has 3 rings (SSSR count). The SMILES string of the molecule is COc1ccc(-c2nnc(S[C@H](C)C(=O)c3ccc(Cl)cc3)n2C(C)C)cc1. The first-order chi connectivity index (χ1) is 13.4. The fourth-order valence-electron chi connectivity index (χ4n) is 2.82. The van der Waals surface area contributed by atoms with Crippen molar-refractivity contribution in [3.63, 3.8) is 0 Å². The highest BCUT2D eigenvalue weighted by atomic mass is 35.5. The second-order valence-corrected chi connectivity index (χ2v) is 8.37. The molecule has 0 saturated carbocycles. The molecule has 3 aromatic rings. The first kappa shape index (κ1) is 20.4. The molecule has 1 aromatic heterocycles. The van der Waals surface area contributed by atoms with Crippen LogP contribution in [0, 0.1) is 0 Å². The summed E-state index contributed by atoms with van der Waals surface area (Å²) in [5.41, 5.74) is 1.58. The number of methoxy groups -OCH3 is 1. The van der Waals surface area contributed by atoms with Crippen molar-refractivity contribution in [3.05, 3.63) is 59.1 Å². The molecule has 0 N–H and O–H groups in total. The second-order valence-electron chi connectivity index (χ2n) is 6.63. The van der Waals surface area contributed by atoms with Gasteiger partial charge in [-0.3, -0.25) is 9.36 Å². The van der Waals surface area contributed by atoms with E-state index in [4.69, 9.17) is 16.3 Å². The number of ketones is 1. The molecule has 1 heterocycles. The maximum absolute atomic E-state index is 12.8. The highest BCUT2D eigenvalue weighted by Gasteiger charge is 2.23. The molecule has 0 bridgehead atoms. The van der Waals surface area contributed by atoms with Gasteiger partial charge in [-0.15, -0.1) is 10.2 Å². The Morgan fingerprint density at radius 1 is 1.04 bits per heavy atom. The third kappa shape index (κ3) is 4.39. The maximum atomic E-state index is 12.8. The molecule has 2 aromatic carbocycles. The van der Waals surface area contributed by atoms with Crippen molar-refractivity contribution in [1.82, 2.24) is 14.8 Å². The molecular formula is C21H22ClN3O2S. The van der Waals surface area contributed by atoms with Crippen LogP contribution in [0.1, 0.15) is 37.2 Å². The average Bonchev–Trinajstić information content (AvgIpc) is 3.11. The lowest BCUT2D eigenvalue weighted by Gasteiger charge is -2.16. The van der Waals surface area contributed by atoms with Crippen molar-refractivity contribution in [3.8, 4) is 17.1 Å². The largest absolute Gasteiger partial charge is 0.497 e. The first-order valence-corrected chi connectivity index (χ1v) is 10.2. The number of hydrogen-bond donors (Lipinski definition) is 0. The zero-order valence-electron chi connectivity index (χ0n) is 16.2. The fraction of sp³-hybridized carbons (Fsp3) is 0.286. The van der Waals surface area contributed by atoms with E-state index in [1.54, 1.807) is 31.4 Å². The lowest BCUT2D eigenvalue weighted by atomic mass is 10.1. The number of Topliss-reactive ketones (excluding diaryl/α,β-unsaturated/α-hetero) is 1. The Kier molecular flexibility index (Phi) is 6.42. The standard InChI is InChI=1S/C21H22ClN3O2S/c1-13(2)25-20(16-7-11-18(27-4)12-8-16)23-24-21(25)28-14(3)19(26)15-5-9-17(22)10-6-15/h5-14H,1-4H3/t14-/m1/s1. The minimum atomic E-state index is -0.299. The molecule has 0 spiro atoms. The number of aromatic nitrogens is 3. The van der Waals surface area contributed by atoms with E-state index in [-0.39, 0.29) is 17.1 Å². The van der Waals surface area contributed by atoms with Crippen LogP contribution < -0.4 is 4.74 Å². The fourth-order valence-corrected chi connectivity index (χ4v) is 4.00. The average molecular weight is 416 g/mol. The predicted octanol–water partition coefficient (Wildman–Crippen LogP) is 5.55. The second kappa shape index (κ2) is 8.80. The Labute approximate surface area is 174 Å². The molecule has 0 aliphatic rings. The van der Waals surface area contributed by atoms with E-state index >= 15 is 0 Å². The Morgan fingerprint density at radius 2 is 1.68 bits per heavy atom. The molecule has 0 radical (unpaired) electrons. The van der Waals surface area contributed by atoms with Crippen LogP contribution >= 0.6 is 23.4 Å². The zero-order valence-corrected chi connectivity index (χ0v) is 17.8. The van der Waals surface area contributed by atoms with E-state index in [2.05, 4.69) is 28.6 Å². The third-order valence-corrected chi connectivity index (χ3v) is 5.62. The smallest absolute Gasteiger partial charge is 0.192 e. The summed E-state index contributed by atoms with van der Waals surface area (Å²) in [7, 11) is 1.64. The lowest BCUT2D eigenvalue weighted by Crippen LogP contribution is -2.15. The quantitative estimate of drug-likeness (QED) is 0.374. The van der Waals surface area contributed by atoms with Gasteiger partial charge in [-0.25, -0.2) is 0 Å². The van der Waals surface area contributed by atoms with E-state index < -0.39 is 0 Å². The van der Waals surface area contributed by atoms with Crippen LogP contribution in [-0.2, 0) is 0 Å². The molecule has 0 amide bonds. The molecule has 0 fully saturated rings. The highest BCUT2D eigenvalue weighted by Crippen LogP contribution is 2.31. The summed E-state index contributed by atoms with van der Waals surface area (Å²) in [5, 5.41) is 9.77. The van der Waals surface area contributed by atoms with Crippen molar-refractivity contribution in [2.75, 3.05) is 7.11 Å². The van der Waals surface area contributed by atoms with Gasteiger partial charge >= 0.3 is 0 Å². The Morgan fingerprint density at radius 3 is 2.25 bits per heavy atom. The van der Waals surface area contributed by atoms with Gasteiger partial charge in [0, 0.05) is 22.2 Å². The van der Waals surface area contributed by atoms with Crippen LogP contribution in [0.5, 0.6) is 5.75 Å². The van der Waals surface area contributed by atoms with Crippen LogP contribution in [0.25, 0.3) is 11.4 Å².